The maximum Gasteiger partial charge on any atom is 0.0231 e. The quantitative estimate of drug-likeness (QED) is 0.672. The molecule has 76 valence electrons. The number of hydrogen-bond donors (Lipinski definition) is 0. The van der Waals surface area contributed by atoms with Crippen molar-refractivity contribution in [3.63, 3.8) is 0 Å². The molecule has 1 nitrogen and oxygen atoms in total. The predicted octanol–water partition coefficient (Wildman–Crippen LogP) is 2.61. The lowest BCUT2D eigenvalue weighted by Gasteiger charge is -2.38. The van der Waals surface area contributed by atoms with Crippen molar-refractivity contribution < 1.29 is 0 Å². The Bertz CT molecular complexity index is 194. The second kappa shape index (κ2) is 3.16. The summed E-state index contributed by atoms with van der Waals surface area (Å²) in [6.45, 7) is 11.1. The van der Waals surface area contributed by atoms with E-state index in [9.17, 15) is 0 Å². The van der Waals surface area contributed by atoms with Crippen LogP contribution in [0, 0.1) is 5.41 Å². The molecule has 1 saturated carbocycles. The molecule has 0 N–H and O–H groups in total. The molecule has 1 saturated heterocycles. The van der Waals surface area contributed by atoms with Crippen LogP contribution in [0.1, 0.15) is 33.6 Å². The Morgan fingerprint density at radius 1 is 1.23 bits per heavy atom. The Morgan fingerprint density at radius 3 is 2.46 bits per heavy atom. The number of nitrogens with zero attached hydrogens (tertiary/aromatic N) is 1. The molecule has 0 spiro atoms. The smallest absolute Gasteiger partial charge is 0.0231 e. The van der Waals surface area contributed by atoms with Gasteiger partial charge in [-0.1, -0.05) is 6.92 Å². The minimum Gasteiger partial charge on any atom is -0.301 e. The van der Waals surface area contributed by atoms with E-state index in [1.165, 1.54) is 38.2 Å². The first-order valence-electron chi connectivity index (χ1n) is 5.36. The molecular weight excluding hydrogens is 178 g/mol. The highest BCUT2D eigenvalue weighted by atomic mass is 32.2. The zero-order valence-corrected chi connectivity index (χ0v) is 9.91. The van der Waals surface area contributed by atoms with Crippen molar-refractivity contribution >= 4 is 11.8 Å². The monoisotopic (exact) mass is 199 g/mol. The fraction of sp³-hybridized carbons (Fsp3) is 1.00. The molecule has 0 unspecified atom stereocenters. The third-order valence-corrected chi connectivity index (χ3v) is 4.51. The zero-order chi connectivity index (χ0) is 9.53. The predicted molar refractivity (Wildman–Crippen MR) is 60.3 cm³/mol. The second-order valence-electron chi connectivity index (χ2n) is 5.63. The van der Waals surface area contributed by atoms with E-state index in [0.717, 1.165) is 0 Å². The van der Waals surface area contributed by atoms with Gasteiger partial charge in [-0.15, -0.1) is 0 Å². The highest BCUT2D eigenvalue weighted by molar-refractivity contribution is 8.00. The van der Waals surface area contributed by atoms with Crippen molar-refractivity contribution in [3.05, 3.63) is 0 Å². The molecule has 0 amide bonds. The molecule has 2 aliphatic rings. The first-order chi connectivity index (χ1) is 5.99. The van der Waals surface area contributed by atoms with E-state index in [4.69, 9.17) is 0 Å². The van der Waals surface area contributed by atoms with Crippen LogP contribution in [0.25, 0.3) is 0 Å². The molecule has 1 aliphatic carbocycles. The van der Waals surface area contributed by atoms with E-state index < -0.39 is 0 Å². The minimum absolute atomic E-state index is 0.490. The SMILES string of the molecule is CC1(CN2CCSC(C)(C)C2)CC1. The molecular formula is C11H21NS. The zero-order valence-electron chi connectivity index (χ0n) is 9.10. The highest BCUT2D eigenvalue weighted by Gasteiger charge is 2.40. The Kier molecular flexibility index (Phi) is 2.40. The third kappa shape index (κ3) is 2.63. The fourth-order valence-corrected chi connectivity index (χ4v) is 3.34. The topological polar surface area (TPSA) is 3.24 Å². The van der Waals surface area contributed by atoms with Gasteiger partial charge in [0.2, 0.25) is 0 Å². The van der Waals surface area contributed by atoms with Gasteiger partial charge < -0.3 is 4.90 Å². The van der Waals surface area contributed by atoms with Crippen LogP contribution in [-0.2, 0) is 0 Å². The summed E-state index contributed by atoms with van der Waals surface area (Å²) < 4.78 is 0.490. The molecule has 0 atom stereocenters. The summed E-state index contributed by atoms with van der Waals surface area (Å²) in [6.07, 6.45) is 2.91. The summed E-state index contributed by atoms with van der Waals surface area (Å²) >= 11 is 2.13. The lowest BCUT2D eigenvalue weighted by Crippen LogP contribution is -2.45. The molecule has 1 aliphatic heterocycles. The first-order valence-corrected chi connectivity index (χ1v) is 6.34. The summed E-state index contributed by atoms with van der Waals surface area (Å²) in [5.41, 5.74) is 0.693. The van der Waals surface area contributed by atoms with Gasteiger partial charge in [0.05, 0.1) is 0 Å². The van der Waals surface area contributed by atoms with E-state index in [2.05, 4.69) is 37.4 Å². The molecule has 0 aromatic carbocycles. The molecule has 2 heteroatoms. The second-order valence-corrected chi connectivity index (χ2v) is 7.43. The van der Waals surface area contributed by atoms with Crippen molar-refractivity contribution in [3.8, 4) is 0 Å². The lowest BCUT2D eigenvalue weighted by atomic mass is 10.1. The van der Waals surface area contributed by atoms with Gasteiger partial charge in [0.25, 0.3) is 0 Å². The van der Waals surface area contributed by atoms with E-state index >= 15 is 0 Å². The largest absolute Gasteiger partial charge is 0.301 e. The van der Waals surface area contributed by atoms with E-state index in [-0.39, 0.29) is 0 Å². The molecule has 1 heterocycles. The van der Waals surface area contributed by atoms with Crippen molar-refractivity contribution in [1.82, 2.24) is 4.90 Å². The average molecular weight is 199 g/mol. The normalized spacial score (nSPS) is 31.6. The van der Waals surface area contributed by atoms with Gasteiger partial charge >= 0.3 is 0 Å². The molecule has 0 aromatic heterocycles. The molecule has 13 heavy (non-hydrogen) atoms. The van der Waals surface area contributed by atoms with Crippen LogP contribution in [0.2, 0.25) is 0 Å². The molecule has 2 rings (SSSR count). The van der Waals surface area contributed by atoms with E-state index in [0.29, 0.717) is 10.2 Å². The van der Waals surface area contributed by atoms with Gasteiger partial charge in [0.15, 0.2) is 0 Å². The van der Waals surface area contributed by atoms with Crippen LogP contribution in [0.3, 0.4) is 0 Å². The Morgan fingerprint density at radius 2 is 1.92 bits per heavy atom. The summed E-state index contributed by atoms with van der Waals surface area (Å²) in [4.78, 5) is 2.67. The Balaban J connectivity index is 1.86. The van der Waals surface area contributed by atoms with Crippen molar-refractivity contribution in [2.24, 2.45) is 5.41 Å². The Hall–Kier alpha value is 0.310. The maximum atomic E-state index is 2.67. The van der Waals surface area contributed by atoms with Crippen molar-refractivity contribution in [1.29, 1.82) is 0 Å². The van der Waals surface area contributed by atoms with Gasteiger partial charge in [-0.3, -0.25) is 0 Å². The molecule has 0 aromatic rings. The molecule has 2 fully saturated rings. The number of thioether (sulfide) groups is 1. The van der Waals surface area contributed by atoms with Crippen LogP contribution >= 0.6 is 11.8 Å². The van der Waals surface area contributed by atoms with Gasteiger partial charge in [-0.25, -0.2) is 0 Å². The van der Waals surface area contributed by atoms with E-state index in [1.807, 2.05) is 0 Å². The summed E-state index contributed by atoms with van der Waals surface area (Å²) in [6, 6.07) is 0. The lowest BCUT2D eigenvalue weighted by molar-refractivity contribution is 0.218. The third-order valence-electron chi connectivity index (χ3n) is 3.21. The van der Waals surface area contributed by atoms with Gasteiger partial charge in [-0.05, 0) is 32.1 Å². The van der Waals surface area contributed by atoms with Crippen LogP contribution in [0.15, 0.2) is 0 Å². The van der Waals surface area contributed by atoms with Gasteiger partial charge in [0, 0.05) is 30.1 Å². The van der Waals surface area contributed by atoms with Crippen LogP contribution < -0.4 is 0 Å². The number of hydrogen-bond acceptors (Lipinski definition) is 2. The van der Waals surface area contributed by atoms with Crippen LogP contribution in [0.4, 0.5) is 0 Å². The van der Waals surface area contributed by atoms with Crippen molar-refractivity contribution in [2.75, 3.05) is 25.4 Å². The maximum absolute atomic E-state index is 2.67. The minimum atomic E-state index is 0.490. The van der Waals surface area contributed by atoms with Crippen molar-refractivity contribution in [2.45, 2.75) is 38.4 Å². The number of rotatable bonds is 2. The van der Waals surface area contributed by atoms with E-state index in [1.54, 1.807) is 0 Å². The highest BCUT2D eigenvalue weighted by Crippen LogP contribution is 2.46. The molecule has 0 bridgehead atoms. The standard InChI is InChI=1S/C11H21NS/c1-10(2)8-12(6-7-13-10)9-11(3)4-5-11/h4-9H2,1-3H3. The average Bonchev–Trinajstić information content (AvgIpc) is 2.65. The van der Waals surface area contributed by atoms with Crippen LogP contribution in [0.5, 0.6) is 0 Å². The first kappa shape index (κ1) is 9.85. The Labute approximate surface area is 86.3 Å². The fourth-order valence-electron chi connectivity index (χ4n) is 2.16. The summed E-state index contributed by atoms with van der Waals surface area (Å²) in [7, 11) is 0. The van der Waals surface area contributed by atoms with Gasteiger partial charge in [0.1, 0.15) is 0 Å². The summed E-state index contributed by atoms with van der Waals surface area (Å²) in [5.74, 6) is 1.32. The van der Waals surface area contributed by atoms with Gasteiger partial charge in [-0.2, -0.15) is 11.8 Å². The van der Waals surface area contributed by atoms with Crippen LogP contribution in [-0.4, -0.2) is 35.0 Å². The molecule has 0 radical (unpaired) electrons. The summed E-state index contributed by atoms with van der Waals surface area (Å²) in [5, 5.41) is 0.